The first-order chi connectivity index (χ1) is 13.6. The standard InChI is InChI=1S/C23H20N4O/c1-14-6-11-18(12-7-14)27-15(2)22(25-26-27)23(28)24-20-13-10-17-9-8-16-4-3-5-19(20)21(16)17/h3-7,10-13H,8-9H2,1-2H3,(H,24,28). The molecule has 0 unspecified atom stereocenters. The number of hydrogen-bond donors (Lipinski definition) is 1. The fourth-order valence-corrected chi connectivity index (χ4v) is 4.01. The van der Waals surface area contributed by atoms with Crippen molar-refractivity contribution in [2.75, 3.05) is 5.32 Å². The van der Waals surface area contributed by atoms with Crippen LogP contribution in [-0.2, 0) is 12.8 Å². The van der Waals surface area contributed by atoms with Crippen LogP contribution in [0.3, 0.4) is 0 Å². The Kier molecular flexibility index (Phi) is 3.76. The Labute approximate surface area is 163 Å². The lowest BCUT2D eigenvalue weighted by atomic mass is 10.0. The quantitative estimate of drug-likeness (QED) is 0.583. The van der Waals surface area contributed by atoms with E-state index in [2.05, 4.69) is 39.9 Å². The van der Waals surface area contributed by atoms with Gasteiger partial charge in [-0.05, 0) is 61.4 Å². The summed E-state index contributed by atoms with van der Waals surface area (Å²) in [4.78, 5) is 12.9. The number of hydrogen-bond acceptors (Lipinski definition) is 3. The van der Waals surface area contributed by atoms with Crippen molar-refractivity contribution in [3.63, 3.8) is 0 Å². The maximum absolute atomic E-state index is 12.9. The summed E-state index contributed by atoms with van der Waals surface area (Å²) in [5, 5.41) is 13.7. The highest BCUT2D eigenvalue weighted by Gasteiger charge is 2.20. The van der Waals surface area contributed by atoms with Crippen molar-refractivity contribution in [2.45, 2.75) is 26.7 Å². The zero-order chi connectivity index (χ0) is 19.3. The second kappa shape index (κ2) is 6.30. The smallest absolute Gasteiger partial charge is 0.278 e. The second-order valence-electron chi connectivity index (χ2n) is 7.34. The van der Waals surface area contributed by atoms with E-state index in [9.17, 15) is 4.79 Å². The number of benzene rings is 3. The van der Waals surface area contributed by atoms with Crippen LogP contribution in [0, 0.1) is 13.8 Å². The van der Waals surface area contributed by atoms with Gasteiger partial charge in [-0.2, -0.15) is 0 Å². The van der Waals surface area contributed by atoms with E-state index in [1.165, 1.54) is 22.1 Å². The SMILES string of the molecule is Cc1ccc(-n2nnc(C(=O)Nc3ccc4c5c(cccc35)CC4)c2C)cc1. The van der Waals surface area contributed by atoms with Gasteiger partial charge < -0.3 is 5.32 Å². The zero-order valence-electron chi connectivity index (χ0n) is 15.9. The summed E-state index contributed by atoms with van der Waals surface area (Å²) >= 11 is 0. The number of anilines is 1. The van der Waals surface area contributed by atoms with E-state index < -0.39 is 0 Å². The molecule has 0 saturated carbocycles. The minimum atomic E-state index is -0.241. The van der Waals surface area contributed by atoms with Gasteiger partial charge in [0, 0.05) is 11.1 Å². The molecule has 1 aromatic heterocycles. The number of amides is 1. The Bertz CT molecular complexity index is 1210. The number of nitrogens with zero attached hydrogens (tertiary/aromatic N) is 3. The molecule has 5 heteroatoms. The molecule has 0 fully saturated rings. The van der Waals surface area contributed by atoms with Crippen molar-refractivity contribution < 1.29 is 4.79 Å². The van der Waals surface area contributed by atoms with Gasteiger partial charge in [0.2, 0.25) is 0 Å². The molecule has 3 aromatic carbocycles. The average molecular weight is 368 g/mol. The maximum atomic E-state index is 12.9. The number of carbonyl (C=O) groups excluding carboxylic acids is 1. The molecule has 5 nitrogen and oxygen atoms in total. The van der Waals surface area contributed by atoms with E-state index in [-0.39, 0.29) is 5.91 Å². The first kappa shape index (κ1) is 16.7. The van der Waals surface area contributed by atoms with Crippen LogP contribution in [0.15, 0.2) is 54.6 Å². The summed E-state index contributed by atoms with van der Waals surface area (Å²) in [5.74, 6) is -0.241. The molecule has 0 spiro atoms. The van der Waals surface area contributed by atoms with Crippen LogP contribution in [0.1, 0.15) is 32.9 Å². The Morgan fingerprint density at radius 3 is 2.50 bits per heavy atom. The van der Waals surface area contributed by atoms with E-state index in [1.807, 2.05) is 44.2 Å². The molecule has 1 aliphatic rings. The number of carbonyl (C=O) groups is 1. The van der Waals surface area contributed by atoms with Crippen LogP contribution in [0.25, 0.3) is 16.5 Å². The first-order valence-electron chi connectivity index (χ1n) is 9.46. The molecule has 0 bridgehead atoms. The predicted molar refractivity (Wildman–Crippen MR) is 110 cm³/mol. The van der Waals surface area contributed by atoms with Crippen LogP contribution in [0.5, 0.6) is 0 Å². The fraction of sp³-hybridized carbons (Fsp3) is 0.174. The fourth-order valence-electron chi connectivity index (χ4n) is 4.01. The lowest BCUT2D eigenvalue weighted by Crippen LogP contribution is -2.14. The molecule has 4 aromatic rings. The van der Waals surface area contributed by atoms with E-state index in [4.69, 9.17) is 0 Å². The molecule has 0 atom stereocenters. The van der Waals surface area contributed by atoms with Crippen LogP contribution in [0.2, 0.25) is 0 Å². The van der Waals surface area contributed by atoms with Gasteiger partial charge in [0.15, 0.2) is 5.69 Å². The molecule has 0 aliphatic heterocycles. The molecule has 138 valence electrons. The minimum absolute atomic E-state index is 0.241. The average Bonchev–Trinajstić information content (AvgIpc) is 3.30. The Morgan fingerprint density at radius 1 is 0.964 bits per heavy atom. The molecule has 1 N–H and O–H groups in total. The van der Waals surface area contributed by atoms with Crippen LogP contribution < -0.4 is 5.32 Å². The molecule has 1 amide bonds. The van der Waals surface area contributed by atoms with Crippen molar-refractivity contribution in [2.24, 2.45) is 0 Å². The highest BCUT2D eigenvalue weighted by atomic mass is 16.2. The molecule has 5 rings (SSSR count). The van der Waals surface area contributed by atoms with E-state index in [0.717, 1.165) is 29.6 Å². The van der Waals surface area contributed by atoms with Gasteiger partial charge in [0.1, 0.15) is 0 Å². The van der Waals surface area contributed by atoms with Crippen LogP contribution >= 0.6 is 0 Å². The molecular formula is C23H20N4O. The van der Waals surface area contributed by atoms with Gasteiger partial charge in [-0.15, -0.1) is 5.10 Å². The van der Waals surface area contributed by atoms with Crippen molar-refractivity contribution in [1.29, 1.82) is 0 Å². The number of nitrogens with one attached hydrogen (secondary N) is 1. The van der Waals surface area contributed by atoms with E-state index >= 15 is 0 Å². The highest BCUT2D eigenvalue weighted by molar-refractivity contribution is 6.10. The maximum Gasteiger partial charge on any atom is 0.278 e. The number of rotatable bonds is 3. The number of aryl methyl sites for hydroxylation is 3. The van der Waals surface area contributed by atoms with Gasteiger partial charge >= 0.3 is 0 Å². The molecular weight excluding hydrogens is 348 g/mol. The summed E-state index contributed by atoms with van der Waals surface area (Å²) in [5.41, 5.74) is 6.63. The number of aromatic nitrogens is 3. The molecule has 0 radical (unpaired) electrons. The van der Waals surface area contributed by atoms with E-state index in [0.29, 0.717) is 11.4 Å². The lowest BCUT2D eigenvalue weighted by molar-refractivity contribution is 0.102. The van der Waals surface area contributed by atoms with Crippen LogP contribution in [-0.4, -0.2) is 20.9 Å². The van der Waals surface area contributed by atoms with Crippen molar-refractivity contribution in [1.82, 2.24) is 15.0 Å². The van der Waals surface area contributed by atoms with Gasteiger partial charge in [0.25, 0.3) is 5.91 Å². The van der Waals surface area contributed by atoms with Crippen LogP contribution in [0.4, 0.5) is 5.69 Å². The normalized spacial score (nSPS) is 12.5. The minimum Gasteiger partial charge on any atom is -0.320 e. The van der Waals surface area contributed by atoms with Crippen molar-refractivity contribution >= 4 is 22.4 Å². The first-order valence-corrected chi connectivity index (χ1v) is 9.46. The largest absolute Gasteiger partial charge is 0.320 e. The lowest BCUT2D eigenvalue weighted by Gasteiger charge is -2.10. The highest BCUT2D eigenvalue weighted by Crippen LogP contribution is 2.35. The second-order valence-corrected chi connectivity index (χ2v) is 7.34. The topological polar surface area (TPSA) is 59.8 Å². The van der Waals surface area contributed by atoms with Gasteiger partial charge in [-0.25, -0.2) is 4.68 Å². The van der Waals surface area contributed by atoms with Gasteiger partial charge in [-0.1, -0.05) is 47.2 Å². The Morgan fingerprint density at radius 2 is 1.71 bits per heavy atom. The third kappa shape index (κ3) is 2.59. The summed E-state index contributed by atoms with van der Waals surface area (Å²) in [6.45, 7) is 3.90. The molecule has 28 heavy (non-hydrogen) atoms. The third-order valence-corrected chi connectivity index (χ3v) is 5.51. The zero-order valence-corrected chi connectivity index (χ0v) is 15.9. The molecule has 0 saturated heterocycles. The Hall–Kier alpha value is -3.47. The van der Waals surface area contributed by atoms with E-state index in [1.54, 1.807) is 4.68 Å². The summed E-state index contributed by atoms with van der Waals surface area (Å²) in [6.07, 6.45) is 2.13. The summed E-state index contributed by atoms with van der Waals surface area (Å²) in [7, 11) is 0. The van der Waals surface area contributed by atoms with Crippen molar-refractivity contribution in [3.8, 4) is 5.69 Å². The molecule has 1 aliphatic carbocycles. The summed E-state index contributed by atoms with van der Waals surface area (Å²) in [6, 6.07) is 18.4. The summed E-state index contributed by atoms with van der Waals surface area (Å²) < 4.78 is 1.70. The Balaban J connectivity index is 1.49. The van der Waals surface area contributed by atoms with Gasteiger partial charge in [-0.3, -0.25) is 4.79 Å². The van der Waals surface area contributed by atoms with Crippen molar-refractivity contribution in [3.05, 3.63) is 82.7 Å². The molecule has 1 heterocycles. The monoisotopic (exact) mass is 368 g/mol. The predicted octanol–water partition coefficient (Wildman–Crippen LogP) is 4.39. The third-order valence-electron chi connectivity index (χ3n) is 5.51. The van der Waals surface area contributed by atoms with Gasteiger partial charge in [0.05, 0.1) is 11.4 Å².